The van der Waals surface area contributed by atoms with E-state index in [9.17, 15) is 9.59 Å². The Labute approximate surface area is 118 Å². The zero-order valence-electron chi connectivity index (χ0n) is 12.1. The largest absolute Gasteiger partial charge is 0.493 e. The van der Waals surface area contributed by atoms with Crippen LogP contribution in [0.3, 0.4) is 0 Å². The van der Waals surface area contributed by atoms with Gasteiger partial charge in [0, 0.05) is 13.5 Å². The topological polar surface area (TPSA) is 73.9 Å². The molecule has 6 heteroatoms. The minimum Gasteiger partial charge on any atom is -0.493 e. The lowest BCUT2D eigenvalue weighted by Gasteiger charge is -2.13. The van der Waals surface area contributed by atoms with Crippen LogP contribution >= 0.6 is 0 Å². The average molecular weight is 281 g/mol. The molecule has 0 aromatic heterocycles. The Bertz CT molecular complexity index is 486. The lowest BCUT2D eigenvalue weighted by atomic mass is 10.2. The van der Waals surface area contributed by atoms with Crippen molar-refractivity contribution in [1.29, 1.82) is 0 Å². The molecule has 0 aliphatic heterocycles. The molecule has 0 saturated carbocycles. The van der Waals surface area contributed by atoms with Crippen molar-refractivity contribution in [3.63, 3.8) is 0 Å². The van der Waals surface area contributed by atoms with E-state index in [0.717, 1.165) is 5.56 Å². The maximum absolute atomic E-state index is 11.7. The fourth-order valence-corrected chi connectivity index (χ4v) is 1.63. The monoisotopic (exact) mass is 281 g/mol. The van der Waals surface area contributed by atoms with Crippen LogP contribution in [0.15, 0.2) is 18.2 Å². The summed E-state index contributed by atoms with van der Waals surface area (Å²) in [6.07, 6.45) is -0.812. The number of hydrogen-bond donors (Lipinski definition) is 1. The highest BCUT2D eigenvalue weighted by atomic mass is 16.5. The van der Waals surface area contributed by atoms with Gasteiger partial charge in [0.1, 0.15) is 0 Å². The molecular formula is C14H19NO5. The quantitative estimate of drug-likeness (QED) is 0.795. The van der Waals surface area contributed by atoms with E-state index in [0.29, 0.717) is 18.0 Å². The molecule has 1 aromatic carbocycles. The van der Waals surface area contributed by atoms with Crippen molar-refractivity contribution in [2.75, 3.05) is 14.2 Å². The molecule has 0 spiro atoms. The van der Waals surface area contributed by atoms with Crippen molar-refractivity contribution in [2.24, 2.45) is 0 Å². The highest BCUT2D eigenvalue weighted by Gasteiger charge is 2.15. The number of hydrogen-bond acceptors (Lipinski definition) is 5. The Morgan fingerprint density at radius 3 is 2.40 bits per heavy atom. The number of rotatable bonds is 6. The van der Waals surface area contributed by atoms with Crippen molar-refractivity contribution in [1.82, 2.24) is 5.32 Å². The summed E-state index contributed by atoms with van der Waals surface area (Å²) in [6.45, 7) is 3.09. The molecule has 0 aliphatic carbocycles. The van der Waals surface area contributed by atoms with Crippen LogP contribution in [0.4, 0.5) is 0 Å². The van der Waals surface area contributed by atoms with Gasteiger partial charge in [0.25, 0.3) is 5.91 Å². The SMILES string of the molecule is COc1ccc(CNC(=O)[C@@H](C)OC(C)=O)cc1OC. The van der Waals surface area contributed by atoms with Crippen LogP contribution in [-0.2, 0) is 20.9 Å². The predicted molar refractivity (Wildman–Crippen MR) is 72.6 cm³/mol. The molecule has 1 rings (SSSR count). The summed E-state index contributed by atoms with van der Waals surface area (Å²) < 4.78 is 15.1. The van der Waals surface area contributed by atoms with Crippen molar-refractivity contribution >= 4 is 11.9 Å². The van der Waals surface area contributed by atoms with Gasteiger partial charge in [0.05, 0.1) is 14.2 Å². The number of methoxy groups -OCH3 is 2. The highest BCUT2D eigenvalue weighted by Crippen LogP contribution is 2.27. The second kappa shape index (κ2) is 7.37. The Hall–Kier alpha value is -2.24. The van der Waals surface area contributed by atoms with E-state index >= 15 is 0 Å². The summed E-state index contributed by atoms with van der Waals surface area (Å²) in [4.78, 5) is 22.4. The van der Waals surface area contributed by atoms with Gasteiger partial charge in [-0.1, -0.05) is 6.07 Å². The summed E-state index contributed by atoms with van der Waals surface area (Å²) in [7, 11) is 3.10. The molecule has 1 atom stereocenters. The van der Waals surface area contributed by atoms with Gasteiger partial charge < -0.3 is 19.5 Å². The smallest absolute Gasteiger partial charge is 0.303 e. The average Bonchev–Trinajstić information content (AvgIpc) is 2.43. The molecule has 0 saturated heterocycles. The molecule has 6 nitrogen and oxygen atoms in total. The second-order valence-corrected chi connectivity index (χ2v) is 4.16. The summed E-state index contributed by atoms with van der Waals surface area (Å²) in [5.41, 5.74) is 0.853. The van der Waals surface area contributed by atoms with Crippen LogP contribution < -0.4 is 14.8 Å². The van der Waals surface area contributed by atoms with Gasteiger partial charge in [-0.2, -0.15) is 0 Å². The highest BCUT2D eigenvalue weighted by molar-refractivity contribution is 5.82. The summed E-state index contributed by atoms with van der Waals surface area (Å²) >= 11 is 0. The van der Waals surface area contributed by atoms with Gasteiger partial charge >= 0.3 is 5.97 Å². The van der Waals surface area contributed by atoms with E-state index in [4.69, 9.17) is 14.2 Å². The lowest BCUT2D eigenvalue weighted by molar-refractivity contribution is -0.152. The normalized spacial score (nSPS) is 11.4. The predicted octanol–water partition coefficient (Wildman–Crippen LogP) is 1.27. The van der Waals surface area contributed by atoms with Crippen LogP contribution in [0.2, 0.25) is 0 Å². The Balaban J connectivity index is 2.61. The molecule has 20 heavy (non-hydrogen) atoms. The number of esters is 1. The minimum atomic E-state index is -0.812. The maximum Gasteiger partial charge on any atom is 0.303 e. The van der Waals surface area contributed by atoms with Crippen molar-refractivity contribution < 1.29 is 23.8 Å². The Morgan fingerprint density at radius 1 is 1.20 bits per heavy atom. The Morgan fingerprint density at radius 2 is 1.85 bits per heavy atom. The van der Waals surface area contributed by atoms with Crippen molar-refractivity contribution in [3.8, 4) is 11.5 Å². The fourth-order valence-electron chi connectivity index (χ4n) is 1.63. The van der Waals surface area contributed by atoms with Gasteiger partial charge in [0.2, 0.25) is 0 Å². The molecule has 0 heterocycles. The van der Waals surface area contributed by atoms with Gasteiger partial charge in [-0.05, 0) is 24.6 Å². The molecule has 0 unspecified atom stereocenters. The summed E-state index contributed by atoms with van der Waals surface area (Å²) in [5.74, 6) is 0.372. The molecule has 1 amide bonds. The molecule has 0 radical (unpaired) electrons. The second-order valence-electron chi connectivity index (χ2n) is 4.16. The van der Waals surface area contributed by atoms with E-state index in [1.165, 1.54) is 13.8 Å². The third kappa shape index (κ3) is 4.46. The fraction of sp³-hybridized carbons (Fsp3) is 0.429. The summed E-state index contributed by atoms with van der Waals surface area (Å²) in [5, 5.41) is 2.68. The van der Waals surface area contributed by atoms with Gasteiger partial charge in [-0.3, -0.25) is 9.59 Å². The van der Waals surface area contributed by atoms with Crippen LogP contribution in [0.1, 0.15) is 19.4 Å². The number of benzene rings is 1. The van der Waals surface area contributed by atoms with Crippen molar-refractivity contribution in [3.05, 3.63) is 23.8 Å². The lowest BCUT2D eigenvalue weighted by Crippen LogP contribution is -2.35. The Kier molecular flexibility index (Phi) is 5.83. The summed E-state index contributed by atoms with van der Waals surface area (Å²) in [6, 6.07) is 5.35. The van der Waals surface area contributed by atoms with Crippen LogP contribution in [0.25, 0.3) is 0 Å². The first-order chi connectivity index (χ1) is 9.47. The first-order valence-corrected chi connectivity index (χ1v) is 6.13. The van der Waals surface area contributed by atoms with Crippen LogP contribution in [-0.4, -0.2) is 32.2 Å². The van der Waals surface area contributed by atoms with Crippen molar-refractivity contribution in [2.45, 2.75) is 26.5 Å². The number of carbonyl (C=O) groups is 2. The zero-order valence-corrected chi connectivity index (χ0v) is 12.1. The first-order valence-electron chi connectivity index (χ1n) is 6.13. The number of ether oxygens (including phenoxy) is 3. The van der Waals surface area contributed by atoms with Gasteiger partial charge in [-0.25, -0.2) is 0 Å². The molecule has 110 valence electrons. The standard InChI is InChI=1S/C14H19NO5/c1-9(20-10(2)16)14(17)15-8-11-5-6-12(18-3)13(7-11)19-4/h5-7,9H,8H2,1-4H3,(H,15,17)/t9-/m1/s1. The molecule has 0 aliphatic rings. The third-order valence-electron chi connectivity index (χ3n) is 2.63. The number of amides is 1. The van der Waals surface area contributed by atoms with E-state index in [-0.39, 0.29) is 5.91 Å². The molecule has 1 aromatic rings. The van der Waals surface area contributed by atoms with Crippen LogP contribution in [0, 0.1) is 0 Å². The van der Waals surface area contributed by atoms with Gasteiger partial charge in [0.15, 0.2) is 17.6 Å². The van der Waals surface area contributed by atoms with E-state index in [1.54, 1.807) is 26.4 Å². The molecule has 1 N–H and O–H groups in total. The number of nitrogens with one attached hydrogen (secondary N) is 1. The minimum absolute atomic E-state index is 0.310. The third-order valence-corrected chi connectivity index (χ3v) is 2.63. The molecule has 0 bridgehead atoms. The molecule has 0 fully saturated rings. The van der Waals surface area contributed by atoms with E-state index in [2.05, 4.69) is 5.32 Å². The van der Waals surface area contributed by atoms with E-state index in [1.807, 2.05) is 6.07 Å². The van der Waals surface area contributed by atoms with E-state index < -0.39 is 12.1 Å². The van der Waals surface area contributed by atoms with Crippen LogP contribution in [0.5, 0.6) is 11.5 Å². The molecular weight excluding hydrogens is 262 g/mol. The maximum atomic E-state index is 11.7. The van der Waals surface area contributed by atoms with Gasteiger partial charge in [-0.15, -0.1) is 0 Å². The number of carbonyl (C=O) groups excluding carboxylic acids is 2. The first kappa shape index (κ1) is 15.8. The zero-order chi connectivity index (χ0) is 15.1.